The predicted octanol–water partition coefficient (Wildman–Crippen LogP) is 4.96. The Morgan fingerprint density at radius 1 is 0.839 bits per heavy atom. The zero-order valence-corrected chi connectivity index (χ0v) is 33.0. The number of anilines is 1. The lowest BCUT2D eigenvalue weighted by molar-refractivity contribution is -0.144. The highest BCUT2D eigenvalue weighted by atomic mass is 16.6. The van der Waals surface area contributed by atoms with Crippen LogP contribution in [0.4, 0.5) is 15.3 Å². The van der Waals surface area contributed by atoms with Crippen molar-refractivity contribution in [1.29, 1.82) is 0 Å². The van der Waals surface area contributed by atoms with Gasteiger partial charge in [-0.05, 0) is 124 Å². The van der Waals surface area contributed by atoms with Gasteiger partial charge in [0.2, 0.25) is 0 Å². The minimum Gasteiger partial charge on any atom is -0.465 e. The molecule has 300 valence electrons. The van der Waals surface area contributed by atoms with Crippen molar-refractivity contribution in [2.24, 2.45) is 18.9 Å². The Morgan fingerprint density at radius 2 is 1.52 bits per heavy atom. The van der Waals surface area contributed by atoms with Gasteiger partial charge in [0.25, 0.3) is 11.5 Å². The number of amides is 4. The lowest BCUT2D eigenvalue weighted by Crippen LogP contribution is -2.52. The summed E-state index contributed by atoms with van der Waals surface area (Å²) in [6.07, 6.45) is 4.52. The van der Waals surface area contributed by atoms with Crippen LogP contribution in [0.3, 0.4) is 0 Å². The number of ether oxygens (including phenoxy) is 2. The third-order valence-electron chi connectivity index (χ3n) is 12.5. The van der Waals surface area contributed by atoms with Crippen LogP contribution in [0.25, 0.3) is 10.9 Å². The molecular formula is C43H56N6O7. The summed E-state index contributed by atoms with van der Waals surface area (Å²) in [6, 6.07) is 15.1. The molecule has 3 saturated heterocycles. The van der Waals surface area contributed by atoms with Crippen molar-refractivity contribution in [2.45, 2.75) is 77.4 Å². The third kappa shape index (κ3) is 8.88. The first-order valence-corrected chi connectivity index (χ1v) is 20.4. The fourth-order valence-electron chi connectivity index (χ4n) is 9.42. The normalized spacial score (nSPS) is 19.6. The molecule has 4 aliphatic heterocycles. The van der Waals surface area contributed by atoms with E-state index < -0.39 is 12.2 Å². The van der Waals surface area contributed by atoms with Gasteiger partial charge < -0.3 is 34.1 Å². The number of pyridine rings is 1. The average molecular weight is 769 g/mol. The molecule has 2 aromatic carbocycles. The van der Waals surface area contributed by atoms with Crippen molar-refractivity contribution in [3.8, 4) is 0 Å². The molecule has 3 aromatic rings. The number of hydrogen-bond acceptors (Lipinski definition) is 8. The van der Waals surface area contributed by atoms with E-state index in [2.05, 4.69) is 10.2 Å². The Morgan fingerprint density at radius 3 is 2.23 bits per heavy atom. The van der Waals surface area contributed by atoms with Crippen LogP contribution in [0.15, 0.2) is 53.3 Å². The zero-order chi connectivity index (χ0) is 39.3. The first-order chi connectivity index (χ1) is 27.1. The van der Waals surface area contributed by atoms with Crippen LogP contribution >= 0.6 is 0 Å². The molecule has 4 amide bonds. The van der Waals surface area contributed by atoms with Crippen LogP contribution in [-0.2, 0) is 39.0 Å². The Balaban J connectivity index is 0.995. The van der Waals surface area contributed by atoms with Gasteiger partial charge in [-0.1, -0.05) is 24.3 Å². The van der Waals surface area contributed by atoms with Gasteiger partial charge in [0.1, 0.15) is 0 Å². The summed E-state index contributed by atoms with van der Waals surface area (Å²) in [5.74, 6) is 0.696. The third-order valence-corrected chi connectivity index (χ3v) is 12.5. The number of para-hydroxylation sites is 1. The molecule has 1 aromatic heterocycles. The highest BCUT2D eigenvalue weighted by molar-refractivity contribution is 5.91. The van der Waals surface area contributed by atoms with Crippen molar-refractivity contribution in [2.75, 3.05) is 64.3 Å². The van der Waals surface area contributed by atoms with E-state index in [1.54, 1.807) is 28.6 Å². The largest absolute Gasteiger partial charge is 0.465 e. The second-order valence-electron chi connectivity index (χ2n) is 16.0. The van der Waals surface area contributed by atoms with Crippen LogP contribution in [0.5, 0.6) is 0 Å². The Labute approximate surface area is 328 Å². The quantitative estimate of drug-likeness (QED) is 0.302. The van der Waals surface area contributed by atoms with Crippen molar-refractivity contribution >= 4 is 40.6 Å². The van der Waals surface area contributed by atoms with Gasteiger partial charge >= 0.3 is 18.1 Å². The molecule has 0 spiro atoms. The summed E-state index contributed by atoms with van der Waals surface area (Å²) in [5, 5.41) is 3.94. The van der Waals surface area contributed by atoms with Gasteiger partial charge in [0.05, 0.1) is 18.7 Å². The molecule has 1 N–H and O–H groups in total. The van der Waals surface area contributed by atoms with E-state index >= 15 is 0 Å². The Hall–Kier alpha value is -4.91. The van der Waals surface area contributed by atoms with E-state index in [4.69, 9.17) is 9.47 Å². The van der Waals surface area contributed by atoms with Gasteiger partial charge in [0.15, 0.2) is 6.10 Å². The number of piperidine rings is 3. The van der Waals surface area contributed by atoms with Gasteiger partial charge in [-0.25, -0.2) is 9.59 Å². The van der Waals surface area contributed by atoms with Crippen LogP contribution in [-0.4, -0.2) is 119 Å². The number of benzene rings is 2. The second-order valence-corrected chi connectivity index (χ2v) is 16.0. The monoisotopic (exact) mass is 768 g/mol. The molecule has 3 fully saturated rings. The van der Waals surface area contributed by atoms with Crippen molar-refractivity contribution in [1.82, 2.24) is 24.2 Å². The Kier molecular flexibility index (Phi) is 12.3. The van der Waals surface area contributed by atoms with Crippen molar-refractivity contribution in [3.63, 3.8) is 0 Å². The smallest absolute Gasteiger partial charge is 0.410 e. The maximum Gasteiger partial charge on any atom is 0.410 e. The standard InChI is InChI=1S/C43H56N6O7/c1-4-55-39(51)28-46-18-11-31(12-19-46)32-13-20-47(21-14-32)41(52)37(27-30-25-29(2)40-34(26-30)9-10-38(50)45(40)3)56-43(54)48-22-16-35(17-23-48)49-24-15-33-7-5-6-8-36(33)44-42(49)53/h5-10,25-26,31-32,35,37H,4,11-24,27-28H2,1-3H3,(H,44,53)/t37-/m1/s1. The van der Waals surface area contributed by atoms with E-state index in [1.807, 2.05) is 60.0 Å². The predicted molar refractivity (Wildman–Crippen MR) is 213 cm³/mol. The number of rotatable bonds is 9. The molecule has 13 heteroatoms. The van der Waals surface area contributed by atoms with E-state index in [1.165, 1.54) is 0 Å². The molecule has 0 saturated carbocycles. The van der Waals surface area contributed by atoms with Crippen LogP contribution in [0.1, 0.15) is 62.1 Å². The second kappa shape index (κ2) is 17.5. The number of nitrogens with one attached hydrogen (secondary N) is 1. The molecule has 5 heterocycles. The summed E-state index contributed by atoms with van der Waals surface area (Å²) >= 11 is 0. The highest BCUT2D eigenvalue weighted by Crippen LogP contribution is 2.33. The van der Waals surface area contributed by atoms with Gasteiger partial charge in [-0.2, -0.15) is 0 Å². The number of carbonyl (C=O) groups is 4. The number of carbonyl (C=O) groups excluding carboxylic acids is 4. The minimum atomic E-state index is -1.01. The summed E-state index contributed by atoms with van der Waals surface area (Å²) < 4.78 is 12.9. The van der Waals surface area contributed by atoms with Crippen molar-refractivity contribution in [3.05, 3.63) is 75.6 Å². The zero-order valence-electron chi connectivity index (χ0n) is 33.0. The number of aromatic nitrogens is 1. The van der Waals surface area contributed by atoms with Gasteiger partial charge in [-0.15, -0.1) is 0 Å². The minimum absolute atomic E-state index is 0.00608. The number of likely N-dealkylation sites (tertiary alicyclic amines) is 3. The maximum atomic E-state index is 14.4. The fraction of sp³-hybridized carbons (Fsp3) is 0.558. The lowest BCUT2D eigenvalue weighted by atomic mass is 9.78. The fourth-order valence-corrected chi connectivity index (χ4v) is 9.42. The number of hydrogen-bond donors (Lipinski definition) is 1. The molecule has 0 radical (unpaired) electrons. The number of esters is 1. The molecule has 0 bridgehead atoms. The molecule has 0 unspecified atom stereocenters. The molecule has 7 rings (SSSR count). The maximum absolute atomic E-state index is 14.4. The highest BCUT2D eigenvalue weighted by Gasteiger charge is 2.37. The number of nitrogens with zero attached hydrogens (tertiary/aromatic N) is 5. The van der Waals surface area contributed by atoms with E-state index in [0.717, 1.165) is 78.5 Å². The van der Waals surface area contributed by atoms with Crippen molar-refractivity contribution < 1.29 is 28.7 Å². The van der Waals surface area contributed by atoms with E-state index in [-0.39, 0.29) is 35.9 Å². The lowest BCUT2D eigenvalue weighted by Gasteiger charge is -2.41. The molecule has 4 aliphatic rings. The molecule has 1 atom stereocenters. The number of urea groups is 1. The summed E-state index contributed by atoms with van der Waals surface area (Å²) in [6.45, 7) is 8.92. The number of fused-ring (bicyclic) bond motifs is 2. The van der Waals surface area contributed by atoms with Gasteiger partial charge in [-0.3, -0.25) is 19.3 Å². The summed E-state index contributed by atoms with van der Waals surface area (Å²) in [5.41, 5.74) is 4.47. The Bertz CT molecular complexity index is 1970. The molecule has 56 heavy (non-hydrogen) atoms. The summed E-state index contributed by atoms with van der Waals surface area (Å²) in [7, 11) is 1.75. The molecular weight excluding hydrogens is 713 g/mol. The SMILES string of the molecule is CCOC(=O)CN1CCC(C2CCN(C(=O)[C@@H](Cc3cc(C)c4c(ccc(=O)n4C)c3)OC(=O)N3CCC(N4CCc5ccccc5NC4=O)CC3)CC2)CC1. The first-order valence-electron chi connectivity index (χ1n) is 20.4. The van der Waals surface area contributed by atoms with E-state index in [0.29, 0.717) is 70.6 Å². The molecule has 13 nitrogen and oxygen atoms in total. The van der Waals surface area contributed by atoms with Crippen LogP contribution in [0, 0.1) is 18.8 Å². The van der Waals surface area contributed by atoms with Crippen LogP contribution < -0.4 is 10.9 Å². The summed E-state index contributed by atoms with van der Waals surface area (Å²) in [4.78, 5) is 73.4. The number of aryl methyl sites for hydroxylation is 2. The average Bonchev–Trinajstić information content (AvgIpc) is 3.37. The van der Waals surface area contributed by atoms with Crippen LogP contribution in [0.2, 0.25) is 0 Å². The van der Waals surface area contributed by atoms with Gasteiger partial charge in [0, 0.05) is 64.0 Å². The molecule has 0 aliphatic carbocycles. The van der Waals surface area contributed by atoms with E-state index in [9.17, 15) is 24.0 Å². The first kappa shape index (κ1) is 39.3. The topological polar surface area (TPSA) is 134 Å².